The molecule has 16 heavy (non-hydrogen) atoms. The molecular formula is C11H17N3O2. The van der Waals surface area contributed by atoms with Crippen LogP contribution in [0.5, 0.6) is 0 Å². The van der Waals surface area contributed by atoms with E-state index >= 15 is 0 Å². The van der Waals surface area contributed by atoms with E-state index in [-0.39, 0.29) is 17.7 Å². The number of carbonyl (C=O) groups excluding carboxylic acids is 1. The van der Waals surface area contributed by atoms with Crippen LogP contribution in [0.15, 0.2) is 10.6 Å². The lowest BCUT2D eigenvalue weighted by atomic mass is 10.00. The summed E-state index contributed by atoms with van der Waals surface area (Å²) in [6.45, 7) is 4.90. The monoisotopic (exact) mass is 223 g/mol. The topological polar surface area (TPSA) is 67.2 Å². The average Bonchev–Trinajstić information content (AvgIpc) is 2.68. The fourth-order valence-electron chi connectivity index (χ4n) is 1.95. The maximum Gasteiger partial charge on any atom is 0.290 e. The first-order chi connectivity index (χ1) is 7.66. The van der Waals surface area contributed by atoms with Crippen LogP contribution >= 0.6 is 0 Å². The molecule has 1 fully saturated rings. The minimum Gasteiger partial charge on any atom is -0.351 e. The molecular weight excluding hydrogens is 206 g/mol. The molecule has 1 aliphatic heterocycles. The number of nitrogens with zero attached hydrogens (tertiary/aromatic N) is 1. The summed E-state index contributed by atoms with van der Waals surface area (Å²) in [5.74, 6) is 0.108. The van der Waals surface area contributed by atoms with E-state index in [1.165, 1.54) is 0 Å². The lowest BCUT2D eigenvalue weighted by Crippen LogP contribution is -2.51. The van der Waals surface area contributed by atoms with E-state index in [9.17, 15) is 4.79 Å². The van der Waals surface area contributed by atoms with Crippen molar-refractivity contribution in [3.8, 4) is 0 Å². The van der Waals surface area contributed by atoms with Crippen LogP contribution in [0.1, 0.15) is 36.0 Å². The Kier molecular flexibility index (Phi) is 3.24. The summed E-state index contributed by atoms with van der Waals surface area (Å²) in [5.41, 5.74) is 0.722. The first-order valence-corrected chi connectivity index (χ1v) is 5.64. The minimum atomic E-state index is -0.179. The number of hydrogen-bond acceptors (Lipinski definition) is 4. The zero-order chi connectivity index (χ0) is 11.5. The average molecular weight is 223 g/mol. The van der Waals surface area contributed by atoms with Crippen molar-refractivity contribution in [1.29, 1.82) is 0 Å². The third-order valence-corrected chi connectivity index (χ3v) is 2.93. The highest BCUT2D eigenvalue weighted by molar-refractivity contribution is 5.91. The van der Waals surface area contributed by atoms with Gasteiger partial charge in [-0.05, 0) is 33.2 Å². The van der Waals surface area contributed by atoms with Gasteiger partial charge in [-0.3, -0.25) is 4.79 Å². The second-order valence-corrected chi connectivity index (χ2v) is 4.30. The summed E-state index contributed by atoms with van der Waals surface area (Å²) in [6, 6.07) is 2.13. The zero-order valence-electron chi connectivity index (χ0n) is 9.62. The standard InChI is InChI=1S/C11H17N3O2/c1-7-6-10(16-14-7)11(15)13-9-4-3-5-12-8(9)2/h6,8-9,12H,3-5H2,1-2H3,(H,13,15). The Bertz CT molecular complexity index is 375. The molecule has 0 aromatic carbocycles. The second-order valence-electron chi connectivity index (χ2n) is 4.30. The molecule has 2 rings (SSSR count). The maximum atomic E-state index is 11.8. The molecule has 0 spiro atoms. The van der Waals surface area contributed by atoms with E-state index in [0.717, 1.165) is 25.1 Å². The molecule has 88 valence electrons. The van der Waals surface area contributed by atoms with Crippen molar-refractivity contribution in [1.82, 2.24) is 15.8 Å². The van der Waals surface area contributed by atoms with Crippen LogP contribution in [-0.2, 0) is 0 Å². The van der Waals surface area contributed by atoms with Crippen LogP contribution in [0, 0.1) is 6.92 Å². The third kappa shape index (κ3) is 2.41. The summed E-state index contributed by atoms with van der Waals surface area (Å²) in [6.07, 6.45) is 2.09. The molecule has 2 atom stereocenters. The molecule has 1 saturated heterocycles. The number of amides is 1. The van der Waals surface area contributed by atoms with E-state index in [4.69, 9.17) is 4.52 Å². The van der Waals surface area contributed by atoms with Gasteiger partial charge in [0.25, 0.3) is 5.91 Å². The van der Waals surface area contributed by atoms with Crippen LogP contribution in [0.2, 0.25) is 0 Å². The van der Waals surface area contributed by atoms with Gasteiger partial charge < -0.3 is 15.2 Å². The van der Waals surface area contributed by atoms with Crippen LogP contribution in [0.4, 0.5) is 0 Å². The zero-order valence-corrected chi connectivity index (χ0v) is 9.62. The Labute approximate surface area is 94.6 Å². The van der Waals surface area contributed by atoms with Crippen molar-refractivity contribution in [3.63, 3.8) is 0 Å². The van der Waals surface area contributed by atoms with Crippen molar-refractivity contribution >= 4 is 5.91 Å². The Morgan fingerprint density at radius 2 is 2.50 bits per heavy atom. The van der Waals surface area contributed by atoms with Gasteiger partial charge in [0.1, 0.15) is 0 Å². The van der Waals surface area contributed by atoms with Crippen LogP contribution in [0.3, 0.4) is 0 Å². The highest BCUT2D eigenvalue weighted by Gasteiger charge is 2.24. The van der Waals surface area contributed by atoms with Gasteiger partial charge in [-0.1, -0.05) is 5.16 Å². The van der Waals surface area contributed by atoms with Gasteiger partial charge in [0, 0.05) is 18.2 Å². The van der Waals surface area contributed by atoms with Crippen molar-refractivity contribution < 1.29 is 9.32 Å². The van der Waals surface area contributed by atoms with Crippen molar-refractivity contribution in [2.24, 2.45) is 0 Å². The molecule has 2 heterocycles. The number of nitrogens with one attached hydrogen (secondary N) is 2. The minimum absolute atomic E-state index is 0.173. The van der Waals surface area contributed by atoms with Gasteiger partial charge in [-0.2, -0.15) is 0 Å². The predicted molar refractivity (Wildman–Crippen MR) is 59.2 cm³/mol. The Morgan fingerprint density at radius 3 is 3.12 bits per heavy atom. The summed E-state index contributed by atoms with van der Waals surface area (Å²) in [7, 11) is 0. The highest BCUT2D eigenvalue weighted by atomic mass is 16.5. The van der Waals surface area contributed by atoms with E-state index in [2.05, 4.69) is 22.7 Å². The van der Waals surface area contributed by atoms with Crippen LogP contribution < -0.4 is 10.6 Å². The molecule has 0 bridgehead atoms. The fraction of sp³-hybridized carbons (Fsp3) is 0.636. The van der Waals surface area contributed by atoms with Gasteiger partial charge in [0.2, 0.25) is 5.76 Å². The molecule has 0 aliphatic carbocycles. The molecule has 0 radical (unpaired) electrons. The van der Waals surface area contributed by atoms with Crippen molar-refractivity contribution in [2.45, 2.75) is 38.8 Å². The lowest BCUT2D eigenvalue weighted by molar-refractivity contribution is 0.0882. The molecule has 2 N–H and O–H groups in total. The Morgan fingerprint density at radius 1 is 1.69 bits per heavy atom. The third-order valence-electron chi connectivity index (χ3n) is 2.93. The second kappa shape index (κ2) is 4.65. The molecule has 1 aliphatic rings. The van der Waals surface area contributed by atoms with E-state index in [1.54, 1.807) is 13.0 Å². The summed E-state index contributed by atoms with van der Waals surface area (Å²) < 4.78 is 4.92. The van der Waals surface area contributed by atoms with Gasteiger partial charge in [-0.25, -0.2) is 0 Å². The molecule has 1 aromatic rings. The largest absolute Gasteiger partial charge is 0.351 e. The quantitative estimate of drug-likeness (QED) is 0.780. The molecule has 0 saturated carbocycles. The molecule has 5 heteroatoms. The Balaban J connectivity index is 1.96. The van der Waals surface area contributed by atoms with E-state index in [0.29, 0.717) is 6.04 Å². The number of aryl methyl sites for hydroxylation is 1. The smallest absolute Gasteiger partial charge is 0.290 e. The van der Waals surface area contributed by atoms with Gasteiger partial charge in [0.05, 0.1) is 5.69 Å². The SMILES string of the molecule is Cc1cc(C(=O)NC2CCCNC2C)on1. The molecule has 1 amide bonds. The predicted octanol–water partition coefficient (Wildman–Crippen LogP) is 0.853. The number of piperidine rings is 1. The molecule has 5 nitrogen and oxygen atoms in total. The number of hydrogen-bond donors (Lipinski definition) is 2. The summed E-state index contributed by atoms with van der Waals surface area (Å²) in [5, 5.41) is 9.99. The number of rotatable bonds is 2. The van der Waals surface area contributed by atoms with Crippen molar-refractivity contribution in [3.05, 3.63) is 17.5 Å². The van der Waals surface area contributed by atoms with E-state index in [1.807, 2.05) is 0 Å². The van der Waals surface area contributed by atoms with Gasteiger partial charge in [-0.15, -0.1) is 0 Å². The van der Waals surface area contributed by atoms with Gasteiger partial charge >= 0.3 is 0 Å². The molecule has 1 aromatic heterocycles. The van der Waals surface area contributed by atoms with Gasteiger partial charge in [0.15, 0.2) is 0 Å². The van der Waals surface area contributed by atoms with E-state index < -0.39 is 0 Å². The summed E-state index contributed by atoms with van der Waals surface area (Å²) >= 11 is 0. The first-order valence-electron chi connectivity index (χ1n) is 5.64. The number of aromatic nitrogens is 1. The normalized spacial score (nSPS) is 25.4. The van der Waals surface area contributed by atoms with Crippen LogP contribution in [-0.4, -0.2) is 29.7 Å². The molecule has 2 unspecified atom stereocenters. The Hall–Kier alpha value is -1.36. The van der Waals surface area contributed by atoms with Crippen molar-refractivity contribution in [2.75, 3.05) is 6.54 Å². The highest BCUT2D eigenvalue weighted by Crippen LogP contribution is 2.10. The summed E-state index contributed by atoms with van der Waals surface area (Å²) in [4.78, 5) is 11.8. The van der Waals surface area contributed by atoms with Crippen LogP contribution in [0.25, 0.3) is 0 Å². The fourth-order valence-corrected chi connectivity index (χ4v) is 1.95. The number of carbonyl (C=O) groups is 1. The maximum absolute atomic E-state index is 11.8. The first kappa shape index (κ1) is 11.1. The lowest BCUT2D eigenvalue weighted by Gasteiger charge is -2.30.